The maximum atomic E-state index is 12.9. The van der Waals surface area contributed by atoms with Gasteiger partial charge in [0.15, 0.2) is 0 Å². The predicted molar refractivity (Wildman–Crippen MR) is 110 cm³/mol. The van der Waals surface area contributed by atoms with Gasteiger partial charge in [0, 0.05) is 36.5 Å². The first-order valence-electron chi connectivity index (χ1n) is 9.48. The van der Waals surface area contributed by atoms with E-state index in [9.17, 15) is 4.79 Å². The SMILES string of the molecule is CN(C)CCCNC(=O)C1=CC2=C3C=CC=CC3N(C)C2=C2C=CC=NC12. The van der Waals surface area contributed by atoms with Crippen molar-refractivity contribution < 1.29 is 4.79 Å². The maximum Gasteiger partial charge on any atom is 0.249 e. The van der Waals surface area contributed by atoms with Crippen LogP contribution in [0.3, 0.4) is 0 Å². The molecule has 4 aliphatic rings. The molecule has 0 aromatic rings. The minimum absolute atomic E-state index is 0.0164. The average molecular weight is 362 g/mol. The molecule has 2 atom stereocenters. The summed E-state index contributed by atoms with van der Waals surface area (Å²) in [5.74, 6) is -0.0164. The number of hydrogen-bond donors (Lipinski definition) is 1. The zero-order chi connectivity index (χ0) is 19.0. The number of dihydropyridines is 1. The number of allylic oxidation sites excluding steroid dienone is 4. The zero-order valence-electron chi connectivity index (χ0n) is 16.1. The molecule has 0 saturated carbocycles. The van der Waals surface area contributed by atoms with Gasteiger partial charge in [0.1, 0.15) is 6.04 Å². The van der Waals surface area contributed by atoms with Gasteiger partial charge in [-0.3, -0.25) is 9.79 Å². The van der Waals surface area contributed by atoms with Gasteiger partial charge in [-0.1, -0.05) is 30.4 Å². The Balaban J connectivity index is 1.66. The summed E-state index contributed by atoms with van der Waals surface area (Å²) in [6.07, 6.45) is 17.3. The molecule has 140 valence electrons. The van der Waals surface area contributed by atoms with E-state index in [0.29, 0.717) is 6.54 Å². The molecule has 0 fully saturated rings. The van der Waals surface area contributed by atoms with Gasteiger partial charge in [-0.05, 0) is 44.8 Å². The molecule has 0 bridgehead atoms. The van der Waals surface area contributed by atoms with Gasteiger partial charge in [-0.25, -0.2) is 0 Å². The third-order valence-electron chi connectivity index (χ3n) is 5.42. The van der Waals surface area contributed by atoms with Crippen molar-refractivity contribution in [3.8, 4) is 0 Å². The minimum atomic E-state index is -0.223. The lowest BCUT2D eigenvalue weighted by Crippen LogP contribution is -2.35. The van der Waals surface area contributed by atoms with Crippen LogP contribution in [-0.4, -0.2) is 68.2 Å². The Kier molecular flexibility index (Phi) is 4.70. The Labute approximate surface area is 160 Å². The monoisotopic (exact) mass is 362 g/mol. The number of nitrogens with one attached hydrogen (secondary N) is 1. The molecule has 27 heavy (non-hydrogen) atoms. The summed E-state index contributed by atoms with van der Waals surface area (Å²) in [5, 5.41) is 3.08. The van der Waals surface area contributed by atoms with Crippen LogP contribution in [0, 0.1) is 0 Å². The molecule has 5 nitrogen and oxygen atoms in total. The Morgan fingerprint density at radius 2 is 2.04 bits per heavy atom. The molecule has 1 N–H and O–H groups in total. The van der Waals surface area contributed by atoms with Crippen molar-refractivity contribution in [2.45, 2.75) is 18.5 Å². The van der Waals surface area contributed by atoms with E-state index in [1.165, 1.54) is 11.3 Å². The molecule has 0 aromatic heterocycles. The number of nitrogens with zero attached hydrogens (tertiary/aromatic N) is 3. The molecule has 0 spiro atoms. The summed E-state index contributed by atoms with van der Waals surface area (Å²) in [4.78, 5) is 22.0. The quantitative estimate of drug-likeness (QED) is 0.761. The Morgan fingerprint density at radius 3 is 2.85 bits per heavy atom. The summed E-state index contributed by atoms with van der Waals surface area (Å²) in [5.41, 5.74) is 5.43. The highest BCUT2D eigenvalue weighted by molar-refractivity contribution is 5.98. The third kappa shape index (κ3) is 3.12. The van der Waals surface area contributed by atoms with Gasteiger partial charge >= 0.3 is 0 Å². The standard InChI is InChI=1S/C22H26N4O/c1-25(2)13-7-12-24-22(27)18-14-17-15-8-4-5-10-19(15)26(3)21(17)16-9-6-11-23-20(16)18/h4-6,8-11,14,19-20H,7,12-13H2,1-3H3,(H,24,27). The van der Waals surface area contributed by atoms with Crippen molar-refractivity contribution >= 4 is 12.1 Å². The van der Waals surface area contributed by atoms with Crippen molar-refractivity contribution in [3.63, 3.8) is 0 Å². The van der Waals surface area contributed by atoms with Crippen molar-refractivity contribution in [1.29, 1.82) is 0 Å². The lowest BCUT2D eigenvalue weighted by molar-refractivity contribution is -0.117. The van der Waals surface area contributed by atoms with E-state index in [4.69, 9.17) is 0 Å². The molecule has 0 radical (unpaired) electrons. The van der Waals surface area contributed by atoms with E-state index < -0.39 is 0 Å². The smallest absolute Gasteiger partial charge is 0.249 e. The fourth-order valence-corrected chi connectivity index (χ4v) is 4.13. The largest absolute Gasteiger partial charge is 0.363 e. The van der Waals surface area contributed by atoms with Crippen LogP contribution < -0.4 is 5.32 Å². The summed E-state index contributed by atoms with van der Waals surface area (Å²) >= 11 is 0. The molecule has 2 aliphatic heterocycles. The van der Waals surface area contributed by atoms with Crippen molar-refractivity contribution in [2.24, 2.45) is 4.99 Å². The Bertz CT molecular complexity index is 867. The average Bonchev–Trinajstić information content (AvgIpc) is 2.97. The third-order valence-corrected chi connectivity index (χ3v) is 5.42. The van der Waals surface area contributed by atoms with Crippen LogP contribution in [-0.2, 0) is 4.79 Å². The Morgan fingerprint density at radius 1 is 1.22 bits per heavy atom. The highest BCUT2D eigenvalue weighted by Gasteiger charge is 2.39. The zero-order valence-corrected chi connectivity index (χ0v) is 16.1. The number of likely N-dealkylation sites (N-methyl/N-ethyl adjacent to an activating group) is 1. The fraction of sp³-hybridized carbons (Fsp3) is 0.364. The molecule has 2 heterocycles. The molecule has 0 aromatic carbocycles. The van der Waals surface area contributed by atoms with Gasteiger partial charge in [0.05, 0.1) is 11.7 Å². The van der Waals surface area contributed by atoms with Crippen LogP contribution >= 0.6 is 0 Å². The van der Waals surface area contributed by atoms with Gasteiger partial charge in [-0.15, -0.1) is 0 Å². The van der Waals surface area contributed by atoms with Crippen molar-refractivity contribution in [2.75, 3.05) is 34.2 Å². The van der Waals surface area contributed by atoms with E-state index in [1.807, 2.05) is 20.2 Å². The van der Waals surface area contributed by atoms with Crippen LogP contribution in [0.1, 0.15) is 6.42 Å². The topological polar surface area (TPSA) is 47.9 Å². The normalized spacial score (nSPS) is 25.0. The first-order valence-corrected chi connectivity index (χ1v) is 9.48. The highest BCUT2D eigenvalue weighted by atomic mass is 16.1. The number of hydrogen-bond acceptors (Lipinski definition) is 4. The summed E-state index contributed by atoms with van der Waals surface area (Å²) in [7, 11) is 6.20. The van der Waals surface area contributed by atoms with Crippen LogP contribution in [0.5, 0.6) is 0 Å². The molecule has 2 unspecified atom stereocenters. The first-order chi connectivity index (χ1) is 13.1. The van der Waals surface area contributed by atoms with Crippen LogP contribution in [0.15, 0.2) is 75.5 Å². The fourth-order valence-electron chi connectivity index (χ4n) is 4.13. The molecular weight excluding hydrogens is 336 g/mol. The maximum absolute atomic E-state index is 12.9. The van der Waals surface area contributed by atoms with Crippen LogP contribution in [0.4, 0.5) is 0 Å². The van der Waals surface area contributed by atoms with E-state index in [0.717, 1.165) is 29.7 Å². The van der Waals surface area contributed by atoms with E-state index in [2.05, 4.69) is 63.6 Å². The van der Waals surface area contributed by atoms with Crippen LogP contribution in [0.25, 0.3) is 0 Å². The molecule has 4 rings (SSSR count). The van der Waals surface area contributed by atoms with Crippen molar-refractivity contribution in [3.05, 3.63) is 70.5 Å². The molecule has 1 amide bonds. The van der Waals surface area contributed by atoms with Gasteiger partial charge in [-0.2, -0.15) is 0 Å². The van der Waals surface area contributed by atoms with Crippen molar-refractivity contribution in [1.82, 2.24) is 15.1 Å². The molecule has 2 aliphatic carbocycles. The highest BCUT2D eigenvalue weighted by Crippen LogP contribution is 2.44. The first kappa shape index (κ1) is 17.7. The number of amides is 1. The second-order valence-electron chi connectivity index (χ2n) is 7.54. The second kappa shape index (κ2) is 7.16. The number of carbonyl (C=O) groups excluding carboxylic acids is 1. The van der Waals surface area contributed by atoms with Crippen LogP contribution in [0.2, 0.25) is 0 Å². The summed E-state index contributed by atoms with van der Waals surface area (Å²) in [6, 6.07) is 0.00460. The van der Waals surface area contributed by atoms with E-state index >= 15 is 0 Å². The second-order valence-corrected chi connectivity index (χ2v) is 7.54. The summed E-state index contributed by atoms with van der Waals surface area (Å²) in [6.45, 7) is 1.63. The number of carbonyl (C=O) groups is 1. The van der Waals surface area contributed by atoms with Gasteiger partial charge in [0.2, 0.25) is 5.91 Å². The van der Waals surface area contributed by atoms with E-state index in [-0.39, 0.29) is 18.0 Å². The Hall–Kier alpha value is -2.66. The summed E-state index contributed by atoms with van der Waals surface area (Å²) < 4.78 is 0. The van der Waals surface area contributed by atoms with E-state index in [1.54, 1.807) is 6.21 Å². The number of aliphatic imine (C=N–C) groups is 1. The molecular formula is C22H26N4O. The lowest BCUT2D eigenvalue weighted by Gasteiger charge is -2.30. The lowest BCUT2D eigenvalue weighted by atomic mass is 9.85. The predicted octanol–water partition coefficient (Wildman–Crippen LogP) is 1.99. The number of rotatable bonds is 5. The number of fused-ring (bicyclic) bond motifs is 3. The minimum Gasteiger partial charge on any atom is -0.363 e. The molecule has 5 heteroatoms. The molecule has 0 saturated heterocycles. The van der Waals surface area contributed by atoms with Gasteiger partial charge in [0.25, 0.3) is 0 Å². The van der Waals surface area contributed by atoms with Gasteiger partial charge < -0.3 is 15.1 Å².